The molecule has 0 radical (unpaired) electrons. The molecule has 2 amide bonds. The second kappa shape index (κ2) is 8.29. The molecule has 1 aliphatic rings. The molecule has 2 N–H and O–H groups in total. The zero-order valence-electron chi connectivity index (χ0n) is 14.1. The molecule has 8 heteroatoms. The number of rotatable bonds is 5. The number of amides is 2. The highest BCUT2D eigenvalue weighted by Gasteiger charge is 2.12. The van der Waals surface area contributed by atoms with Crippen molar-refractivity contribution in [2.75, 3.05) is 43.6 Å². The lowest BCUT2D eigenvalue weighted by Gasteiger charge is -2.27. The Balaban J connectivity index is 1.47. The van der Waals surface area contributed by atoms with Crippen LogP contribution in [0.2, 0.25) is 0 Å². The van der Waals surface area contributed by atoms with Crippen molar-refractivity contribution in [1.29, 1.82) is 0 Å². The topological polar surface area (TPSA) is 88.6 Å². The first-order valence-corrected chi connectivity index (χ1v) is 8.07. The quantitative estimate of drug-likeness (QED) is 0.858. The highest BCUT2D eigenvalue weighted by Crippen LogP contribution is 2.13. The molecule has 0 saturated carbocycles. The molecule has 3 rings (SSSR count). The maximum atomic E-state index is 11.9. The predicted octanol–water partition coefficient (Wildman–Crippen LogP) is 1.64. The van der Waals surface area contributed by atoms with Crippen LogP contribution in [0.1, 0.15) is 5.56 Å². The van der Waals surface area contributed by atoms with E-state index in [2.05, 4.69) is 25.5 Å². The summed E-state index contributed by atoms with van der Waals surface area (Å²) < 4.78 is 10.3. The smallest absolute Gasteiger partial charge is 0.319 e. The largest absolute Gasteiger partial charge is 0.481 e. The normalized spacial score (nSPS) is 14.0. The Labute approximate surface area is 146 Å². The van der Waals surface area contributed by atoms with E-state index in [1.807, 2.05) is 12.1 Å². The first-order chi connectivity index (χ1) is 12.2. The van der Waals surface area contributed by atoms with Crippen molar-refractivity contribution in [3.63, 3.8) is 0 Å². The number of nitrogens with one attached hydrogen (secondary N) is 2. The number of ether oxygens (including phenoxy) is 2. The summed E-state index contributed by atoms with van der Waals surface area (Å²) in [6, 6.07) is 7.04. The highest BCUT2D eigenvalue weighted by molar-refractivity contribution is 5.88. The van der Waals surface area contributed by atoms with Crippen LogP contribution in [0.3, 0.4) is 0 Å². The lowest BCUT2D eigenvalue weighted by Crippen LogP contribution is -2.36. The monoisotopic (exact) mass is 343 g/mol. The fourth-order valence-corrected chi connectivity index (χ4v) is 2.43. The van der Waals surface area contributed by atoms with E-state index in [1.54, 1.807) is 25.4 Å². The number of aromatic nitrogens is 2. The Bertz CT molecular complexity index is 684. The average Bonchev–Trinajstić information content (AvgIpc) is 2.68. The summed E-state index contributed by atoms with van der Waals surface area (Å²) in [4.78, 5) is 22.6. The van der Waals surface area contributed by atoms with Crippen molar-refractivity contribution >= 4 is 17.5 Å². The van der Waals surface area contributed by atoms with Gasteiger partial charge in [0.25, 0.3) is 0 Å². The molecule has 0 aromatic carbocycles. The van der Waals surface area contributed by atoms with Crippen LogP contribution < -0.4 is 20.3 Å². The third-order valence-corrected chi connectivity index (χ3v) is 3.80. The van der Waals surface area contributed by atoms with Crippen LogP contribution >= 0.6 is 0 Å². The lowest BCUT2D eigenvalue weighted by molar-refractivity contribution is 0.122. The minimum Gasteiger partial charge on any atom is -0.481 e. The Morgan fingerprint density at radius 1 is 1.20 bits per heavy atom. The zero-order chi connectivity index (χ0) is 17.5. The van der Waals surface area contributed by atoms with Gasteiger partial charge in [-0.1, -0.05) is 6.07 Å². The summed E-state index contributed by atoms with van der Waals surface area (Å²) in [6.07, 6.45) is 3.32. The summed E-state index contributed by atoms with van der Waals surface area (Å²) in [5.74, 6) is 1.43. The minimum atomic E-state index is -0.302. The van der Waals surface area contributed by atoms with Gasteiger partial charge in [-0.15, -0.1) is 0 Å². The number of methoxy groups -OCH3 is 1. The van der Waals surface area contributed by atoms with Crippen LogP contribution in [-0.2, 0) is 11.3 Å². The van der Waals surface area contributed by atoms with Crippen LogP contribution in [0.4, 0.5) is 16.3 Å². The van der Waals surface area contributed by atoms with E-state index in [1.165, 1.54) is 6.20 Å². The number of urea groups is 1. The summed E-state index contributed by atoms with van der Waals surface area (Å²) in [7, 11) is 1.54. The summed E-state index contributed by atoms with van der Waals surface area (Å²) in [5.41, 5.74) is 1.53. The van der Waals surface area contributed by atoms with Crippen molar-refractivity contribution in [2.24, 2.45) is 0 Å². The van der Waals surface area contributed by atoms with Gasteiger partial charge in [0.2, 0.25) is 5.88 Å². The lowest BCUT2D eigenvalue weighted by atomic mass is 10.2. The third-order valence-electron chi connectivity index (χ3n) is 3.80. The second-order valence-electron chi connectivity index (χ2n) is 5.52. The first kappa shape index (κ1) is 17.0. The molecule has 0 unspecified atom stereocenters. The third kappa shape index (κ3) is 4.80. The molecule has 2 aromatic rings. The van der Waals surface area contributed by atoms with E-state index >= 15 is 0 Å². The van der Waals surface area contributed by atoms with Crippen molar-refractivity contribution in [2.45, 2.75) is 6.54 Å². The van der Waals surface area contributed by atoms with E-state index < -0.39 is 0 Å². The molecule has 0 atom stereocenters. The molecule has 3 heterocycles. The van der Waals surface area contributed by atoms with Gasteiger partial charge >= 0.3 is 6.03 Å². The summed E-state index contributed by atoms with van der Waals surface area (Å²) in [5, 5.41) is 5.51. The van der Waals surface area contributed by atoms with Crippen LogP contribution in [-0.4, -0.2) is 49.4 Å². The minimum absolute atomic E-state index is 0.302. The van der Waals surface area contributed by atoms with Gasteiger partial charge in [-0.05, 0) is 17.7 Å². The number of carbonyl (C=O) groups excluding carboxylic acids is 1. The van der Waals surface area contributed by atoms with Gasteiger partial charge in [-0.2, -0.15) is 0 Å². The van der Waals surface area contributed by atoms with Gasteiger partial charge in [0.1, 0.15) is 5.82 Å². The van der Waals surface area contributed by atoms with Gasteiger partial charge in [0, 0.05) is 31.9 Å². The number of morpholine rings is 1. The van der Waals surface area contributed by atoms with Gasteiger partial charge in [-0.3, -0.25) is 0 Å². The van der Waals surface area contributed by atoms with E-state index in [4.69, 9.17) is 9.47 Å². The average molecular weight is 343 g/mol. The number of pyridine rings is 2. The molecular formula is C17H21N5O3. The number of hydrogen-bond donors (Lipinski definition) is 2. The van der Waals surface area contributed by atoms with Crippen LogP contribution in [0.5, 0.6) is 5.88 Å². The fraction of sp³-hybridized carbons (Fsp3) is 0.353. The second-order valence-corrected chi connectivity index (χ2v) is 5.52. The summed E-state index contributed by atoms with van der Waals surface area (Å²) >= 11 is 0. The van der Waals surface area contributed by atoms with Gasteiger partial charge in [0.15, 0.2) is 0 Å². The van der Waals surface area contributed by atoms with E-state index in [9.17, 15) is 4.79 Å². The van der Waals surface area contributed by atoms with Gasteiger partial charge in [0.05, 0.1) is 32.2 Å². The van der Waals surface area contributed by atoms with Crippen LogP contribution in [0, 0.1) is 0 Å². The summed E-state index contributed by atoms with van der Waals surface area (Å²) in [6.45, 7) is 3.55. The molecule has 1 aliphatic heterocycles. The molecule has 132 valence electrons. The molecule has 0 aliphatic carbocycles. The molecule has 0 bridgehead atoms. The number of hydrogen-bond acceptors (Lipinski definition) is 6. The van der Waals surface area contributed by atoms with E-state index in [0.29, 0.717) is 18.1 Å². The molecule has 1 saturated heterocycles. The van der Waals surface area contributed by atoms with Gasteiger partial charge in [-0.25, -0.2) is 14.8 Å². The standard InChI is InChI=1S/C17H21N5O3/c1-24-16-5-3-14(12-19-16)21-17(23)20-11-13-2-4-15(18-10-13)22-6-8-25-9-7-22/h2-5,10,12H,6-9,11H2,1H3,(H2,20,21,23). The molecule has 8 nitrogen and oxygen atoms in total. The van der Waals surface area contributed by atoms with Gasteiger partial charge < -0.3 is 25.0 Å². The number of anilines is 2. The molecule has 0 spiro atoms. The number of nitrogens with zero attached hydrogens (tertiary/aromatic N) is 3. The Kier molecular flexibility index (Phi) is 5.63. The Hall–Kier alpha value is -2.87. The van der Waals surface area contributed by atoms with Crippen molar-refractivity contribution < 1.29 is 14.3 Å². The molecule has 1 fully saturated rings. The van der Waals surface area contributed by atoms with Crippen LogP contribution in [0.15, 0.2) is 36.7 Å². The maximum absolute atomic E-state index is 11.9. The first-order valence-electron chi connectivity index (χ1n) is 8.07. The molecular weight excluding hydrogens is 322 g/mol. The number of carbonyl (C=O) groups is 1. The van der Waals surface area contributed by atoms with Crippen molar-refractivity contribution in [1.82, 2.24) is 15.3 Å². The Morgan fingerprint density at radius 2 is 2.04 bits per heavy atom. The molecule has 2 aromatic heterocycles. The SMILES string of the molecule is COc1ccc(NC(=O)NCc2ccc(N3CCOCC3)nc2)cn1. The predicted molar refractivity (Wildman–Crippen MR) is 93.9 cm³/mol. The van der Waals surface area contributed by atoms with E-state index in [0.717, 1.165) is 37.7 Å². The fourth-order valence-electron chi connectivity index (χ4n) is 2.43. The maximum Gasteiger partial charge on any atom is 0.319 e. The highest BCUT2D eigenvalue weighted by atomic mass is 16.5. The van der Waals surface area contributed by atoms with Crippen LogP contribution in [0.25, 0.3) is 0 Å². The Morgan fingerprint density at radius 3 is 2.68 bits per heavy atom. The molecule has 25 heavy (non-hydrogen) atoms. The van der Waals surface area contributed by atoms with Crippen molar-refractivity contribution in [3.05, 3.63) is 42.2 Å². The van der Waals surface area contributed by atoms with E-state index in [-0.39, 0.29) is 6.03 Å². The van der Waals surface area contributed by atoms with Crippen molar-refractivity contribution in [3.8, 4) is 5.88 Å². The zero-order valence-corrected chi connectivity index (χ0v) is 14.1.